The van der Waals surface area contributed by atoms with Gasteiger partial charge in [0, 0.05) is 6.08 Å². The van der Waals surface area contributed by atoms with Gasteiger partial charge in [0.05, 0.1) is 5.56 Å². The topological polar surface area (TPSA) is 71.1 Å². The van der Waals surface area contributed by atoms with Crippen molar-refractivity contribution in [1.82, 2.24) is 0 Å². The first kappa shape index (κ1) is 21.9. The molecule has 0 atom stereocenters. The maximum atomic E-state index is 14.3. The Morgan fingerprint density at radius 1 is 0.862 bits per heavy atom. The molecule has 0 amide bonds. The van der Waals surface area contributed by atoms with Gasteiger partial charge in [0.15, 0.2) is 0 Å². The highest BCUT2D eigenvalue weighted by atomic mass is 19.3. The largest absolute Gasteiger partial charge is 0.514 e. The molecule has 0 spiro atoms. The second-order valence-electron chi connectivity index (χ2n) is 6.81. The molecule has 2 aromatic carbocycles. The van der Waals surface area contributed by atoms with Gasteiger partial charge in [0.1, 0.15) is 22.8 Å². The first-order chi connectivity index (χ1) is 13.5. The van der Waals surface area contributed by atoms with Crippen LogP contribution >= 0.6 is 0 Å². The summed E-state index contributed by atoms with van der Waals surface area (Å²) in [5.74, 6) is -0.635. The van der Waals surface area contributed by atoms with Gasteiger partial charge in [0.2, 0.25) is 0 Å². The lowest BCUT2D eigenvalue weighted by molar-refractivity contribution is -0.185. The van der Waals surface area contributed by atoms with Crippen molar-refractivity contribution in [3.05, 3.63) is 66.7 Å². The third-order valence-corrected chi connectivity index (χ3v) is 3.24. The van der Waals surface area contributed by atoms with Gasteiger partial charge >= 0.3 is 18.2 Å². The van der Waals surface area contributed by atoms with E-state index in [-0.39, 0.29) is 17.2 Å². The zero-order chi connectivity index (χ0) is 21.7. The Labute approximate surface area is 166 Å². The zero-order valence-electron chi connectivity index (χ0n) is 16.1. The fourth-order valence-electron chi connectivity index (χ4n) is 2.02. The SMILES string of the molecule is C=CC(=O)Oc1ccc(C(F)(F)Oc2ccc(OC(=O)OC(C)(C)C)cc2)cc1. The normalized spacial score (nSPS) is 11.3. The van der Waals surface area contributed by atoms with Crippen LogP contribution in [-0.4, -0.2) is 17.7 Å². The van der Waals surface area contributed by atoms with E-state index in [1.807, 2.05) is 0 Å². The van der Waals surface area contributed by atoms with E-state index in [0.717, 1.165) is 18.2 Å². The van der Waals surface area contributed by atoms with Crippen LogP contribution in [-0.2, 0) is 15.6 Å². The van der Waals surface area contributed by atoms with E-state index in [9.17, 15) is 18.4 Å². The maximum Gasteiger partial charge on any atom is 0.514 e. The number of hydrogen-bond acceptors (Lipinski definition) is 6. The summed E-state index contributed by atoms with van der Waals surface area (Å²) in [7, 11) is 0. The third kappa shape index (κ3) is 6.91. The molecule has 8 heteroatoms. The number of benzene rings is 2. The molecular weight excluding hydrogens is 386 g/mol. The minimum atomic E-state index is -3.64. The van der Waals surface area contributed by atoms with Crippen molar-refractivity contribution >= 4 is 12.1 Å². The first-order valence-electron chi connectivity index (χ1n) is 8.51. The molecule has 0 aliphatic heterocycles. The molecule has 0 N–H and O–H groups in total. The van der Waals surface area contributed by atoms with Crippen molar-refractivity contribution in [1.29, 1.82) is 0 Å². The summed E-state index contributed by atoms with van der Waals surface area (Å²) in [5, 5.41) is 0. The number of hydrogen-bond donors (Lipinski definition) is 0. The summed E-state index contributed by atoms with van der Waals surface area (Å²) >= 11 is 0. The fraction of sp³-hybridized carbons (Fsp3) is 0.238. The van der Waals surface area contributed by atoms with Gasteiger partial charge in [0.25, 0.3) is 0 Å². The van der Waals surface area contributed by atoms with Crippen LogP contribution in [0.3, 0.4) is 0 Å². The predicted molar refractivity (Wildman–Crippen MR) is 100 cm³/mol. The molecule has 154 valence electrons. The van der Waals surface area contributed by atoms with Crippen LogP contribution in [0.25, 0.3) is 0 Å². The van der Waals surface area contributed by atoms with Crippen molar-refractivity contribution in [3.8, 4) is 17.2 Å². The van der Waals surface area contributed by atoms with E-state index in [1.165, 1.54) is 36.4 Å². The van der Waals surface area contributed by atoms with Crippen molar-refractivity contribution in [2.75, 3.05) is 0 Å². The molecule has 0 aliphatic rings. The number of carbonyl (C=O) groups excluding carboxylic acids is 2. The van der Waals surface area contributed by atoms with Crippen molar-refractivity contribution in [2.45, 2.75) is 32.5 Å². The van der Waals surface area contributed by atoms with Crippen LogP contribution in [0.5, 0.6) is 17.2 Å². The van der Waals surface area contributed by atoms with Crippen LogP contribution in [0.15, 0.2) is 61.2 Å². The highest BCUT2D eigenvalue weighted by Crippen LogP contribution is 2.33. The molecule has 6 nitrogen and oxygen atoms in total. The molecule has 0 heterocycles. The molecule has 0 saturated heterocycles. The van der Waals surface area contributed by atoms with Crippen LogP contribution < -0.4 is 14.2 Å². The number of halogens is 2. The summed E-state index contributed by atoms with van der Waals surface area (Å²) in [6, 6.07) is 9.64. The number of ether oxygens (including phenoxy) is 4. The number of alkyl halides is 2. The van der Waals surface area contributed by atoms with Crippen LogP contribution in [0.1, 0.15) is 26.3 Å². The Hall–Kier alpha value is -3.42. The third-order valence-electron chi connectivity index (χ3n) is 3.24. The van der Waals surface area contributed by atoms with Crippen LogP contribution in [0.2, 0.25) is 0 Å². The number of esters is 1. The van der Waals surface area contributed by atoms with Crippen LogP contribution in [0.4, 0.5) is 13.6 Å². The predicted octanol–water partition coefficient (Wildman–Crippen LogP) is 5.22. The molecule has 0 radical (unpaired) electrons. The monoisotopic (exact) mass is 406 g/mol. The van der Waals surface area contributed by atoms with Crippen molar-refractivity contribution in [2.24, 2.45) is 0 Å². The average Bonchev–Trinajstić information content (AvgIpc) is 2.62. The molecule has 2 rings (SSSR count). The molecular formula is C21H20F2O6. The number of carbonyl (C=O) groups is 2. The molecule has 0 bridgehead atoms. The summed E-state index contributed by atoms with van der Waals surface area (Å²) in [5.41, 5.74) is -1.16. The Kier molecular flexibility index (Phi) is 6.58. The van der Waals surface area contributed by atoms with Gasteiger partial charge in [-0.2, -0.15) is 8.78 Å². The lowest BCUT2D eigenvalue weighted by Gasteiger charge is -2.19. The molecule has 0 fully saturated rings. The fourth-order valence-corrected chi connectivity index (χ4v) is 2.02. The smallest absolute Gasteiger partial charge is 0.429 e. The van der Waals surface area contributed by atoms with Gasteiger partial charge < -0.3 is 18.9 Å². The highest BCUT2D eigenvalue weighted by molar-refractivity contribution is 5.83. The second kappa shape index (κ2) is 8.72. The maximum absolute atomic E-state index is 14.3. The summed E-state index contributed by atoms with van der Waals surface area (Å²) in [6.45, 7) is 8.30. The Morgan fingerprint density at radius 2 is 1.34 bits per heavy atom. The molecule has 0 aliphatic carbocycles. The van der Waals surface area contributed by atoms with Gasteiger partial charge in [-0.1, -0.05) is 6.58 Å². The highest BCUT2D eigenvalue weighted by Gasteiger charge is 2.34. The number of rotatable bonds is 6. The molecule has 29 heavy (non-hydrogen) atoms. The standard InChI is InChI=1S/C21H20F2O6/c1-5-18(24)26-15-8-6-14(7-9-15)21(22,23)28-17-12-10-16(11-13-17)27-19(25)29-20(2,3)4/h5-13H,1H2,2-4H3. The lowest BCUT2D eigenvalue weighted by atomic mass is 10.2. The van der Waals surface area contributed by atoms with E-state index in [2.05, 4.69) is 6.58 Å². The van der Waals surface area contributed by atoms with E-state index in [1.54, 1.807) is 20.8 Å². The van der Waals surface area contributed by atoms with E-state index < -0.39 is 29.4 Å². The first-order valence-corrected chi connectivity index (χ1v) is 8.51. The van der Waals surface area contributed by atoms with Gasteiger partial charge in [-0.3, -0.25) is 0 Å². The van der Waals surface area contributed by atoms with Crippen molar-refractivity contribution in [3.63, 3.8) is 0 Å². The van der Waals surface area contributed by atoms with Crippen LogP contribution in [0, 0.1) is 0 Å². The molecule has 0 unspecified atom stereocenters. The Balaban J connectivity index is 2.01. The van der Waals surface area contributed by atoms with Crippen molar-refractivity contribution < 1.29 is 37.3 Å². The zero-order valence-corrected chi connectivity index (χ0v) is 16.1. The summed E-state index contributed by atoms with van der Waals surface area (Å²) in [6.07, 6.45) is -3.59. The lowest BCUT2D eigenvalue weighted by Crippen LogP contribution is -2.26. The minimum absolute atomic E-state index is 0.0955. The van der Waals surface area contributed by atoms with E-state index in [0.29, 0.717) is 0 Å². The van der Waals surface area contributed by atoms with E-state index in [4.69, 9.17) is 18.9 Å². The average molecular weight is 406 g/mol. The Bertz CT molecular complexity index is 868. The van der Waals surface area contributed by atoms with Gasteiger partial charge in [-0.05, 0) is 69.3 Å². The van der Waals surface area contributed by atoms with Gasteiger partial charge in [-0.15, -0.1) is 0 Å². The Morgan fingerprint density at radius 3 is 1.86 bits per heavy atom. The van der Waals surface area contributed by atoms with Gasteiger partial charge in [-0.25, -0.2) is 9.59 Å². The summed E-state index contributed by atoms with van der Waals surface area (Å²) in [4.78, 5) is 22.7. The minimum Gasteiger partial charge on any atom is -0.429 e. The molecule has 2 aromatic rings. The van der Waals surface area contributed by atoms with E-state index >= 15 is 0 Å². The quantitative estimate of drug-likeness (QED) is 0.283. The summed E-state index contributed by atoms with van der Waals surface area (Å²) < 4.78 is 48.2. The molecule has 0 aromatic heterocycles. The molecule has 0 saturated carbocycles. The second-order valence-corrected chi connectivity index (χ2v) is 6.81.